The highest BCUT2D eigenvalue weighted by Crippen LogP contribution is 2.31. The van der Waals surface area contributed by atoms with Crippen LogP contribution < -0.4 is 25.1 Å². The third-order valence-corrected chi connectivity index (χ3v) is 6.31. The Morgan fingerprint density at radius 3 is 2.55 bits per heavy atom. The predicted molar refractivity (Wildman–Crippen MR) is 119 cm³/mol. The van der Waals surface area contributed by atoms with E-state index in [4.69, 9.17) is 9.47 Å². The number of piperazine rings is 1. The molecule has 2 saturated heterocycles. The molecule has 2 unspecified atom stereocenters. The molecule has 1 aromatic carbocycles. The Bertz CT molecular complexity index is 1300. The first-order valence-corrected chi connectivity index (χ1v) is 10.6. The quantitative estimate of drug-likeness (QED) is 0.582. The summed E-state index contributed by atoms with van der Waals surface area (Å²) in [7, 11) is 3.07. The average Bonchev–Trinajstić information content (AvgIpc) is 3.44. The predicted octanol–water partition coefficient (Wildman–Crippen LogP) is 1.85. The molecule has 2 fully saturated rings. The van der Waals surface area contributed by atoms with Crippen molar-refractivity contribution in [2.24, 2.45) is 0 Å². The number of ether oxygens (including phenoxy) is 2. The lowest BCUT2D eigenvalue weighted by Crippen LogP contribution is -2.44. The van der Waals surface area contributed by atoms with Crippen molar-refractivity contribution in [2.45, 2.75) is 25.0 Å². The second kappa shape index (κ2) is 8.04. The second-order valence-electron chi connectivity index (χ2n) is 8.34. The smallest absolute Gasteiger partial charge is 0.341 e. The number of nitrogens with zero attached hydrogens (tertiary/aromatic N) is 3. The molecule has 2 aromatic heterocycles. The largest absolute Gasteiger partial charge is 0.497 e. The highest BCUT2D eigenvalue weighted by Gasteiger charge is 2.39. The third-order valence-electron chi connectivity index (χ3n) is 6.31. The van der Waals surface area contributed by atoms with Crippen LogP contribution in [0.5, 0.6) is 11.5 Å². The Hall–Kier alpha value is -3.66. The normalized spacial score (nSPS) is 19.3. The van der Waals surface area contributed by atoms with E-state index in [0.717, 1.165) is 24.6 Å². The van der Waals surface area contributed by atoms with Gasteiger partial charge in [0.2, 0.25) is 5.43 Å². The van der Waals surface area contributed by atoms with Gasteiger partial charge in [-0.15, -0.1) is 0 Å². The molecular weight excluding hydrogens is 431 g/mol. The number of benzene rings is 1. The minimum absolute atomic E-state index is 0.0755. The van der Waals surface area contributed by atoms with Gasteiger partial charge in [-0.3, -0.25) is 4.79 Å². The van der Waals surface area contributed by atoms with Crippen molar-refractivity contribution in [3.63, 3.8) is 0 Å². The van der Waals surface area contributed by atoms with Crippen LogP contribution in [0.4, 0.5) is 10.2 Å². The van der Waals surface area contributed by atoms with Gasteiger partial charge in [0.25, 0.3) is 0 Å². The molecule has 2 bridgehead atoms. The minimum atomic E-state index is -1.38. The van der Waals surface area contributed by atoms with E-state index in [1.165, 1.54) is 20.4 Å². The van der Waals surface area contributed by atoms with Crippen molar-refractivity contribution >= 4 is 22.8 Å². The van der Waals surface area contributed by atoms with Crippen molar-refractivity contribution in [3.05, 3.63) is 57.6 Å². The number of methoxy groups -OCH3 is 2. The SMILES string of the molecule is COc1cc(Cn2cc(C(=O)O)c(=O)c3cc(F)c(N4CC5CC4CN5)nc32)cc(OC)c1. The van der Waals surface area contributed by atoms with Gasteiger partial charge in [0, 0.05) is 44.0 Å². The number of carboxylic acids is 1. The van der Waals surface area contributed by atoms with E-state index in [1.807, 2.05) is 4.90 Å². The van der Waals surface area contributed by atoms with Gasteiger partial charge in [0.15, 0.2) is 11.6 Å². The van der Waals surface area contributed by atoms with Gasteiger partial charge in [-0.1, -0.05) is 0 Å². The third kappa shape index (κ3) is 3.66. The molecule has 0 saturated carbocycles. The molecule has 10 heteroatoms. The number of hydrogen-bond acceptors (Lipinski definition) is 7. The lowest BCUT2D eigenvalue weighted by atomic mass is 10.1. The molecule has 2 N–H and O–H groups in total. The number of aromatic nitrogens is 2. The van der Waals surface area contributed by atoms with Gasteiger partial charge < -0.3 is 29.4 Å². The fourth-order valence-corrected chi connectivity index (χ4v) is 4.73. The molecule has 3 aromatic rings. The van der Waals surface area contributed by atoms with Crippen LogP contribution >= 0.6 is 0 Å². The number of carbonyl (C=O) groups is 1. The van der Waals surface area contributed by atoms with Crippen LogP contribution in [0.2, 0.25) is 0 Å². The number of halogens is 1. The molecule has 4 heterocycles. The van der Waals surface area contributed by atoms with E-state index in [9.17, 15) is 14.7 Å². The van der Waals surface area contributed by atoms with Crippen LogP contribution in [0, 0.1) is 5.82 Å². The Kier molecular flexibility index (Phi) is 5.16. The van der Waals surface area contributed by atoms with Crippen molar-refractivity contribution < 1.29 is 23.8 Å². The first kappa shape index (κ1) is 21.2. The Balaban J connectivity index is 1.68. The topological polar surface area (TPSA) is 106 Å². The Morgan fingerprint density at radius 1 is 1.24 bits per heavy atom. The summed E-state index contributed by atoms with van der Waals surface area (Å²) < 4.78 is 27.3. The van der Waals surface area contributed by atoms with Crippen LogP contribution in [-0.2, 0) is 6.54 Å². The summed E-state index contributed by atoms with van der Waals surface area (Å²) in [5, 5.41) is 12.9. The maximum Gasteiger partial charge on any atom is 0.341 e. The van der Waals surface area contributed by atoms with E-state index >= 15 is 4.39 Å². The summed E-state index contributed by atoms with van der Waals surface area (Å²) in [5.41, 5.74) is -0.251. The van der Waals surface area contributed by atoms with Crippen molar-refractivity contribution in [1.82, 2.24) is 14.9 Å². The highest BCUT2D eigenvalue weighted by molar-refractivity contribution is 5.92. The Morgan fingerprint density at radius 2 is 1.97 bits per heavy atom. The van der Waals surface area contributed by atoms with Gasteiger partial charge in [0.05, 0.1) is 19.6 Å². The zero-order valence-corrected chi connectivity index (χ0v) is 18.2. The summed E-state index contributed by atoms with van der Waals surface area (Å²) in [6.07, 6.45) is 2.17. The molecule has 0 spiro atoms. The van der Waals surface area contributed by atoms with Crippen LogP contribution in [0.15, 0.2) is 35.3 Å². The van der Waals surface area contributed by atoms with Crippen molar-refractivity contribution in [1.29, 1.82) is 0 Å². The van der Waals surface area contributed by atoms with Gasteiger partial charge >= 0.3 is 5.97 Å². The minimum Gasteiger partial charge on any atom is -0.497 e. The first-order chi connectivity index (χ1) is 15.9. The number of anilines is 1. The number of hydrogen-bond donors (Lipinski definition) is 2. The van der Waals surface area contributed by atoms with E-state index in [0.29, 0.717) is 18.0 Å². The summed E-state index contributed by atoms with van der Waals surface area (Å²) in [6.45, 7) is 1.55. The number of nitrogens with one attached hydrogen (secondary N) is 1. The molecule has 172 valence electrons. The van der Waals surface area contributed by atoms with Gasteiger partial charge in [-0.25, -0.2) is 14.2 Å². The summed E-state index contributed by atoms with van der Waals surface area (Å²) >= 11 is 0. The molecule has 0 aliphatic carbocycles. The standard InChI is InChI=1S/C23H23FN4O5/c1-32-15-3-12(4-16(6-15)33-2)9-27-11-18(23(30)31)20(29)17-7-19(24)22(26-21(17)27)28-10-13-5-14(28)8-25-13/h3-4,6-7,11,13-14,25H,5,8-10H2,1-2H3,(H,30,31). The van der Waals surface area contributed by atoms with Crippen LogP contribution in [0.3, 0.4) is 0 Å². The summed E-state index contributed by atoms with van der Waals surface area (Å²) in [6, 6.07) is 6.81. The molecule has 2 aliphatic rings. The van der Waals surface area contributed by atoms with E-state index in [-0.39, 0.29) is 35.5 Å². The van der Waals surface area contributed by atoms with Crippen LogP contribution in [0.25, 0.3) is 11.0 Å². The fraction of sp³-hybridized carbons (Fsp3) is 0.348. The molecule has 5 rings (SSSR count). The molecule has 0 radical (unpaired) electrons. The van der Waals surface area contributed by atoms with Crippen LogP contribution in [-0.4, -0.2) is 60.0 Å². The number of rotatable bonds is 6. The van der Waals surface area contributed by atoms with E-state index in [2.05, 4.69) is 10.3 Å². The summed E-state index contributed by atoms with van der Waals surface area (Å²) in [4.78, 5) is 31.0. The molecule has 2 atom stereocenters. The van der Waals surface area contributed by atoms with Crippen molar-refractivity contribution in [3.8, 4) is 11.5 Å². The maximum atomic E-state index is 15.1. The summed E-state index contributed by atoms with van der Waals surface area (Å²) in [5.74, 6) is -0.714. The van der Waals surface area contributed by atoms with Crippen LogP contribution in [0.1, 0.15) is 22.3 Å². The second-order valence-corrected chi connectivity index (χ2v) is 8.34. The van der Waals surface area contributed by atoms with E-state index in [1.54, 1.807) is 22.8 Å². The zero-order chi connectivity index (χ0) is 23.3. The van der Waals surface area contributed by atoms with Gasteiger partial charge in [-0.2, -0.15) is 0 Å². The lowest BCUT2D eigenvalue weighted by molar-refractivity contribution is 0.0695. The first-order valence-electron chi connectivity index (χ1n) is 10.6. The van der Waals surface area contributed by atoms with Crippen molar-refractivity contribution in [2.75, 3.05) is 32.2 Å². The number of aromatic carboxylic acids is 1. The molecule has 33 heavy (non-hydrogen) atoms. The Labute approximate surface area is 188 Å². The fourth-order valence-electron chi connectivity index (χ4n) is 4.73. The number of carboxylic acid groups (broad SMARTS) is 1. The molecule has 0 amide bonds. The maximum absolute atomic E-state index is 15.1. The van der Waals surface area contributed by atoms with Gasteiger partial charge in [0.1, 0.15) is 22.7 Å². The average molecular weight is 454 g/mol. The molecule has 9 nitrogen and oxygen atoms in total. The monoisotopic (exact) mass is 454 g/mol. The molecular formula is C23H23FN4O5. The number of pyridine rings is 2. The molecule has 2 aliphatic heterocycles. The van der Waals surface area contributed by atoms with E-state index < -0.39 is 22.8 Å². The highest BCUT2D eigenvalue weighted by atomic mass is 19.1. The zero-order valence-electron chi connectivity index (χ0n) is 18.2. The number of fused-ring (bicyclic) bond motifs is 3. The lowest BCUT2D eigenvalue weighted by Gasteiger charge is -2.29. The van der Waals surface area contributed by atoms with Gasteiger partial charge in [-0.05, 0) is 30.2 Å².